The molecule has 0 bridgehead atoms. The van der Waals surface area contributed by atoms with Gasteiger partial charge in [0.05, 0.1) is 6.20 Å². The minimum absolute atomic E-state index is 0.178. The van der Waals surface area contributed by atoms with Crippen molar-refractivity contribution >= 4 is 0 Å². The molecular weight excluding hydrogens is 204 g/mol. The molecular formula is C12H22N2O2. The lowest BCUT2D eigenvalue weighted by Gasteiger charge is -2.19. The van der Waals surface area contributed by atoms with Gasteiger partial charge in [-0.1, -0.05) is 0 Å². The smallest absolute Gasteiger partial charge is 0.194 e. The van der Waals surface area contributed by atoms with E-state index >= 15 is 0 Å². The summed E-state index contributed by atoms with van der Waals surface area (Å²) in [7, 11) is 1.65. The Kier molecular flexibility index (Phi) is 4.96. The van der Waals surface area contributed by atoms with E-state index < -0.39 is 0 Å². The molecule has 4 heteroatoms. The van der Waals surface area contributed by atoms with Crippen molar-refractivity contribution in [3.63, 3.8) is 0 Å². The third-order valence-electron chi connectivity index (χ3n) is 2.11. The Hall–Kier alpha value is -0.870. The van der Waals surface area contributed by atoms with Gasteiger partial charge in [-0.25, -0.2) is 4.98 Å². The van der Waals surface area contributed by atoms with E-state index in [1.54, 1.807) is 13.3 Å². The van der Waals surface area contributed by atoms with Crippen molar-refractivity contribution in [1.29, 1.82) is 0 Å². The van der Waals surface area contributed by atoms with Gasteiger partial charge >= 0.3 is 0 Å². The molecule has 1 aromatic heterocycles. The monoisotopic (exact) mass is 226 g/mol. The molecule has 1 heterocycles. The first kappa shape index (κ1) is 13.2. The zero-order chi connectivity index (χ0) is 12.0. The summed E-state index contributed by atoms with van der Waals surface area (Å²) in [6.07, 6.45) is 3.63. The summed E-state index contributed by atoms with van der Waals surface area (Å²) < 4.78 is 10.5. The second-order valence-corrected chi connectivity index (χ2v) is 4.93. The summed E-state index contributed by atoms with van der Waals surface area (Å²) in [5.74, 6) is 1.59. The van der Waals surface area contributed by atoms with Gasteiger partial charge in [0.15, 0.2) is 5.89 Å². The van der Waals surface area contributed by atoms with Crippen LogP contribution >= 0.6 is 0 Å². The SMILES string of the molecule is COCc1cnc(CCCNC(C)(C)C)o1. The molecule has 1 rings (SSSR count). The zero-order valence-corrected chi connectivity index (χ0v) is 10.7. The van der Waals surface area contributed by atoms with Gasteiger partial charge in [0.2, 0.25) is 0 Å². The maximum absolute atomic E-state index is 5.49. The number of oxazole rings is 1. The first-order chi connectivity index (χ1) is 7.51. The molecule has 1 N–H and O–H groups in total. The van der Waals surface area contributed by atoms with Crippen LogP contribution < -0.4 is 5.32 Å². The Morgan fingerprint density at radius 1 is 1.44 bits per heavy atom. The Morgan fingerprint density at radius 3 is 2.81 bits per heavy atom. The second kappa shape index (κ2) is 6.01. The van der Waals surface area contributed by atoms with E-state index in [9.17, 15) is 0 Å². The van der Waals surface area contributed by atoms with Crippen LogP contribution in [0, 0.1) is 0 Å². The fourth-order valence-electron chi connectivity index (χ4n) is 1.38. The van der Waals surface area contributed by atoms with Gasteiger partial charge in [0.25, 0.3) is 0 Å². The Bertz CT molecular complexity index is 302. The largest absolute Gasteiger partial charge is 0.443 e. The number of rotatable bonds is 6. The Morgan fingerprint density at radius 2 is 2.19 bits per heavy atom. The molecule has 0 amide bonds. The minimum Gasteiger partial charge on any atom is -0.443 e. The van der Waals surface area contributed by atoms with Crippen molar-refractivity contribution in [2.75, 3.05) is 13.7 Å². The quantitative estimate of drug-likeness (QED) is 0.755. The van der Waals surface area contributed by atoms with E-state index in [0.717, 1.165) is 31.0 Å². The molecule has 4 nitrogen and oxygen atoms in total. The van der Waals surface area contributed by atoms with Crippen molar-refractivity contribution in [1.82, 2.24) is 10.3 Å². The predicted octanol–water partition coefficient (Wildman–Crippen LogP) is 2.14. The lowest BCUT2D eigenvalue weighted by Crippen LogP contribution is -2.36. The third-order valence-corrected chi connectivity index (χ3v) is 2.11. The van der Waals surface area contributed by atoms with Crippen molar-refractivity contribution in [2.24, 2.45) is 0 Å². The molecule has 0 atom stereocenters. The number of aryl methyl sites for hydroxylation is 1. The molecule has 16 heavy (non-hydrogen) atoms. The van der Waals surface area contributed by atoms with Gasteiger partial charge in [0, 0.05) is 19.1 Å². The normalized spacial score (nSPS) is 12.0. The number of nitrogens with zero attached hydrogens (tertiary/aromatic N) is 1. The summed E-state index contributed by atoms with van der Waals surface area (Å²) in [4.78, 5) is 4.19. The van der Waals surface area contributed by atoms with Gasteiger partial charge in [0.1, 0.15) is 12.4 Å². The fraction of sp³-hybridized carbons (Fsp3) is 0.750. The van der Waals surface area contributed by atoms with Crippen molar-refractivity contribution in [3.8, 4) is 0 Å². The molecule has 0 unspecified atom stereocenters. The van der Waals surface area contributed by atoms with Gasteiger partial charge < -0.3 is 14.5 Å². The van der Waals surface area contributed by atoms with Crippen LogP contribution in [0.4, 0.5) is 0 Å². The van der Waals surface area contributed by atoms with E-state index in [1.165, 1.54) is 0 Å². The second-order valence-electron chi connectivity index (χ2n) is 4.93. The molecule has 0 fully saturated rings. The lowest BCUT2D eigenvalue weighted by molar-refractivity contribution is 0.162. The predicted molar refractivity (Wildman–Crippen MR) is 63.3 cm³/mol. The molecule has 1 aromatic rings. The molecule has 92 valence electrons. The summed E-state index contributed by atoms with van der Waals surface area (Å²) >= 11 is 0. The van der Waals surface area contributed by atoms with Crippen LogP contribution in [0.3, 0.4) is 0 Å². The van der Waals surface area contributed by atoms with Gasteiger partial charge in [-0.3, -0.25) is 0 Å². The third kappa shape index (κ3) is 5.28. The summed E-state index contributed by atoms with van der Waals surface area (Å²) in [6.45, 7) is 7.96. The number of aromatic nitrogens is 1. The summed E-state index contributed by atoms with van der Waals surface area (Å²) in [5, 5.41) is 3.43. The molecule has 0 saturated carbocycles. The number of nitrogens with one attached hydrogen (secondary N) is 1. The minimum atomic E-state index is 0.178. The van der Waals surface area contributed by atoms with Crippen LogP contribution in [0.15, 0.2) is 10.6 Å². The van der Waals surface area contributed by atoms with Crippen molar-refractivity contribution in [3.05, 3.63) is 17.8 Å². The van der Waals surface area contributed by atoms with Gasteiger partial charge in [-0.05, 0) is 33.7 Å². The van der Waals surface area contributed by atoms with Gasteiger partial charge in [-0.2, -0.15) is 0 Å². The van der Waals surface area contributed by atoms with E-state index in [4.69, 9.17) is 9.15 Å². The number of hydrogen-bond donors (Lipinski definition) is 1. The topological polar surface area (TPSA) is 47.3 Å². The Balaban J connectivity index is 2.21. The van der Waals surface area contributed by atoms with Crippen LogP contribution in [0.1, 0.15) is 38.8 Å². The van der Waals surface area contributed by atoms with Gasteiger partial charge in [-0.15, -0.1) is 0 Å². The first-order valence-corrected chi connectivity index (χ1v) is 5.69. The lowest BCUT2D eigenvalue weighted by atomic mass is 10.1. The first-order valence-electron chi connectivity index (χ1n) is 5.69. The zero-order valence-electron chi connectivity index (χ0n) is 10.7. The fourth-order valence-corrected chi connectivity index (χ4v) is 1.38. The van der Waals surface area contributed by atoms with Crippen molar-refractivity contribution < 1.29 is 9.15 Å². The number of methoxy groups -OCH3 is 1. The van der Waals surface area contributed by atoms with Crippen LogP contribution in [0.5, 0.6) is 0 Å². The maximum atomic E-state index is 5.49. The molecule has 0 spiro atoms. The molecule has 0 aliphatic carbocycles. The summed E-state index contributed by atoms with van der Waals surface area (Å²) in [5.41, 5.74) is 0.178. The van der Waals surface area contributed by atoms with E-state index in [-0.39, 0.29) is 5.54 Å². The van der Waals surface area contributed by atoms with Crippen LogP contribution in [0.2, 0.25) is 0 Å². The van der Waals surface area contributed by atoms with E-state index in [0.29, 0.717) is 6.61 Å². The highest BCUT2D eigenvalue weighted by atomic mass is 16.5. The molecule has 0 radical (unpaired) electrons. The number of hydrogen-bond acceptors (Lipinski definition) is 4. The molecule has 0 saturated heterocycles. The van der Waals surface area contributed by atoms with Crippen LogP contribution in [0.25, 0.3) is 0 Å². The summed E-state index contributed by atoms with van der Waals surface area (Å²) in [6, 6.07) is 0. The molecule has 0 aliphatic heterocycles. The van der Waals surface area contributed by atoms with Crippen molar-refractivity contribution in [2.45, 2.75) is 45.8 Å². The molecule has 0 aromatic carbocycles. The van der Waals surface area contributed by atoms with Crippen LogP contribution in [-0.4, -0.2) is 24.2 Å². The highest BCUT2D eigenvalue weighted by Crippen LogP contribution is 2.07. The maximum Gasteiger partial charge on any atom is 0.194 e. The highest BCUT2D eigenvalue weighted by molar-refractivity contribution is 4.92. The highest BCUT2D eigenvalue weighted by Gasteiger charge is 2.08. The average molecular weight is 226 g/mol. The van der Waals surface area contributed by atoms with E-state index in [2.05, 4.69) is 31.1 Å². The average Bonchev–Trinajstić information content (AvgIpc) is 2.60. The molecule has 0 aliphatic rings. The standard InChI is InChI=1S/C12H22N2O2/c1-12(2,3)14-7-5-6-11-13-8-10(16-11)9-15-4/h8,14H,5-7,9H2,1-4H3. The van der Waals surface area contributed by atoms with E-state index in [1.807, 2.05) is 0 Å². The number of ether oxygens (including phenoxy) is 1. The Labute approximate surface area is 97.4 Å². The van der Waals surface area contributed by atoms with Crippen LogP contribution in [-0.2, 0) is 17.8 Å².